The molecule has 6 nitrogen and oxygen atoms in total. The maximum atomic E-state index is 12.4. The Kier molecular flexibility index (Phi) is 4.27. The van der Waals surface area contributed by atoms with E-state index >= 15 is 0 Å². The number of aromatic nitrogens is 2. The first-order chi connectivity index (χ1) is 10.6. The second-order valence-electron chi connectivity index (χ2n) is 6.03. The van der Waals surface area contributed by atoms with Gasteiger partial charge in [0, 0.05) is 19.4 Å². The minimum absolute atomic E-state index is 0.0904. The van der Waals surface area contributed by atoms with Gasteiger partial charge in [-0.15, -0.1) is 0 Å². The van der Waals surface area contributed by atoms with E-state index in [4.69, 9.17) is 5.11 Å². The van der Waals surface area contributed by atoms with Crippen LogP contribution in [0.25, 0.3) is 0 Å². The van der Waals surface area contributed by atoms with Crippen LogP contribution in [0.4, 0.5) is 0 Å². The molecule has 1 amide bonds. The summed E-state index contributed by atoms with van der Waals surface area (Å²) in [6.07, 6.45) is 7.59. The molecule has 0 saturated carbocycles. The molecule has 22 heavy (non-hydrogen) atoms. The lowest BCUT2D eigenvalue weighted by atomic mass is 10.0. The van der Waals surface area contributed by atoms with Crippen molar-refractivity contribution >= 4 is 11.9 Å². The fourth-order valence-electron chi connectivity index (χ4n) is 3.11. The summed E-state index contributed by atoms with van der Waals surface area (Å²) in [7, 11) is 0. The predicted molar refractivity (Wildman–Crippen MR) is 80.1 cm³/mol. The van der Waals surface area contributed by atoms with Gasteiger partial charge >= 0.3 is 5.97 Å². The number of allylic oxidation sites excluding steroid dienone is 2. The number of rotatable bonds is 5. The third-order valence-electron chi connectivity index (χ3n) is 4.35. The smallest absolute Gasteiger partial charge is 0.303 e. The van der Waals surface area contributed by atoms with Crippen LogP contribution in [0.1, 0.15) is 37.1 Å². The van der Waals surface area contributed by atoms with Gasteiger partial charge in [-0.1, -0.05) is 12.2 Å². The van der Waals surface area contributed by atoms with Gasteiger partial charge in [-0.25, -0.2) is 0 Å². The van der Waals surface area contributed by atoms with E-state index in [0.29, 0.717) is 38.4 Å². The van der Waals surface area contributed by atoms with Gasteiger partial charge in [0.15, 0.2) is 0 Å². The molecular weight excluding hydrogens is 282 g/mol. The van der Waals surface area contributed by atoms with Gasteiger partial charge in [-0.05, 0) is 24.8 Å². The summed E-state index contributed by atoms with van der Waals surface area (Å²) < 4.78 is 1.90. The SMILES string of the molecule is O=C(O)CCc1cc2n(n1)CCN(C(=O)C[C@H]1C=CCC1)C2. The molecule has 1 aromatic heterocycles. The topological polar surface area (TPSA) is 75.4 Å². The Morgan fingerprint density at radius 1 is 1.36 bits per heavy atom. The number of carbonyl (C=O) groups excluding carboxylic acids is 1. The minimum Gasteiger partial charge on any atom is -0.481 e. The summed E-state index contributed by atoms with van der Waals surface area (Å²) in [6, 6.07) is 1.93. The molecule has 1 N–H and O–H groups in total. The highest BCUT2D eigenvalue weighted by atomic mass is 16.4. The van der Waals surface area contributed by atoms with Crippen molar-refractivity contribution in [2.75, 3.05) is 6.54 Å². The Balaban J connectivity index is 1.59. The highest BCUT2D eigenvalue weighted by Gasteiger charge is 2.24. The molecule has 6 heteroatoms. The molecule has 3 rings (SSSR count). The highest BCUT2D eigenvalue weighted by molar-refractivity contribution is 5.76. The van der Waals surface area contributed by atoms with Crippen LogP contribution in [0, 0.1) is 5.92 Å². The van der Waals surface area contributed by atoms with Gasteiger partial charge in [0.2, 0.25) is 5.91 Å². The first-order valence-electron chi connectivity index (χ1n) is 7.83. The number of carboxylic acids is 1. The molecule has 1 aromatic rings. The van der Waals surface area contributed by atoms with Crippen molar-refractivity contribution in [3.8, 4) is 0 Å². The zero-order valence-electron chi connectivity index (χ0n) is 12.6. The average Bonchev–Trinajstić information content (AvgIpc) is 3.12. The first-order valence-corrected chi connectivity index (χ1v) is 7.83. The van der Waals surface area contributed by atoms with E-state index in [9.17, 15) is 9.59 Å². The lowest BCUT2D eigenvalue weighted by Crippen LogP contribution is -2.38. The number of aliphatic carboxylic acids is 1. The lowest BCUT2D eigenvalue weighted by Gasteiger charge is -2.28. The van der Waals surface area contributed by atoms with Crippen molar-refractivity contribution in [3.63, 3.8) is 0 Å². The number of carboxylic acid groups (broad SMARTS) is 1. The molecule has 0 unspecified atom stereocenters. The quantitative estimate of drug-likeness (QED) is 0.838. The summed E-state index contributed by atoms with van der Waals surface area (Å²) in [5, 5.41) is 13.2. The van der Waals surface area contributed by atoms with E-state index in [1.807, 2.05) is 15.6 Å². The van der Waals surface area contributed by atoms with Crippen LogP contribution in [-0.4, -0.2) is 38.2 Å². The summed E-state index contributed by atoms with van der Waals surface area (Å²) in [4.78, 5) is 24.9. The van der Waals surface area contributed by atoms with Gasteiger partial charge in [0.05, 0.1) is 30.9 Å². The number of hydrogen-bond acceptors (Lipinski definition) is 3. The monoisotopic (exact) mass is 303 g/mol. The van der Waals surface area contributed by atoms with Crippen LogP contribution in [-0.2, 0) is 29.1 Å². The normalized spacial score (nSPS) is 20.2. The van der Waals surface area contributed by atoms with Gasteiger partial charge in [0.1, 0.15) is 0 Å². The number of carbonyl (C=O) groups is 2. The number of aryl methyl sites for hydroxylation is 1. The third kappa shape index (κ3) is 3.37. The van der Waals surface area contributed by atoms with Gasteiger partial charge in [-0.2, -0.15) is 5.10 Å². The summed E-state index contributed by atoms with van der Waals surface area (Å²) in [5.41, 5.74) is 1.80. The summed E-state index contributed by atoms with van der Waals surface area (Å²) in [5.74, 6) is -0.214. The van der Waals surface area contributed by atoms with Crippen molar-refractivity contribution < 1.29 is 14.7 Å². The van der Waals surface area contributed by atoms with Crippen molar-refractivity contribution in [2.45, 2.75) is 45.2 Å². The first kappa shape index (κ1) is 14.8. The highest BCUT2D eigenvalue weighted by Crippen LogP contribution is 2.23. The van der Waals surface area contributed by atoms with Crippen LogP contribution in [0.5, 0.6) is 0 Å². The fourth-order valence-corrected chi connectivity index (χ4v) is 3.11. The molecule has 1 aliphatic carbocycles. The second kappa shape index (κ2) is 6.34. The maximum absolute atomic E-state index is 12.4. The van der Waals surface area contributed by atoms with Crippen molar-refractivity contribution in [3.05, 3.63) is 29.6 Å². The van der Waals surface area contributed by atoms with E-state index in [1.165, 1.54) is 0 Å². The molecule has 0 radical (unpaired) electrons. The average molecular weight is 303 g/mol. The second-order valence-corrected chi connectivity index (χ2v) is 6.03. The maximum Gasteiger partial charge on any atom is 0.303 e. The summed E-state index contributed by atoms with van der Waals surface area (Å²) >= 11 is 0. The predicted octanol–water partition coefficient (Wildman–Crippen LogP) is 1.60. The molecular formula is C16H21N3O3. The van der Waals surface area contributed by atoms with E-state index in [1.54, 1.807) is 0 Å². The molecule has 0 bridgehead atoms. The number of amides is 1. The van der Waals surface area contributed by atoms with Crippen LogP contribution >= 0.6 is 0 Å². The Morgan fingerprint density at radius 3 is 2.95 bits per heavy atom. The molecule has 1 aliphatic heterocycles. The van der Waals surface area contributed by atoms with Gasteiger partial charge in [-0.3, -0.25) is 14.3 Å². The Bertz CT molecular complexity index is 606. The minimum atomic E-state index is -0.813. The largest absolute Gasteiger partial charge is 0.481 e. The zero-order chi connectivity index (χ0) is 15.5. The van der Waals surface area contributed by atoms with E-state index in [2.05, 4.69) is 17.3 Å². The lowest BCUT2D eigenvalue weighted by molar-refractivity contribution is -0.137. The summed E-state index contributed by atoms with van der Waals surface area (Å²) in [6.45, 7) is 1.95. The van der Waals surface area contributed by atoms with E-state index in [0.717, 1.165) is 24.2 Å². The molecule has 2 aliphatic rings. The fraction of sp³-hybridized carbons (Fsp3) is 0.562. The van der Waals surface area contributed by atoms with Crippen molar-refractivity contribution in [1.29, 1.82) is 0 Å². The molecule has 1 atom stereocenters. The standard InChI is InChI=1S/C16H21N3O3/c20-15(9-12-3-1-2-4-12)18-7-8-19-14(11-18)10-13(17-19)5-6-16(21)22/h1,3,10,12H,2,4-9,11H2,(H,21,22)/t12-/m0/s1. The zero-order valence-corrected chi connectivity index (χ0v) is 12.6. The number of hydrogen-bond donors (Lipinski definition) is 1. The van der Waals surface area contributed by atoms with Crippen molar-refractivity contribution in [1.82, 2.24) is 14.7 Å². The number of nitrogens with zero attached hydrogens (tertiary/aromatic N) is 3. The Morgan fingerprint density at radius 2 is 2.23 bits per heavy atom. The molecule has 118 valence electrons. The van der Waals surface area contributed by atoms with Crippen LogP contribution in [0.3, 0.4) is 0 Å². The molecule has 0 spiro atoms. The molecule has 0 saturated heterocycles. The van der Waals surface area contributed by atoms with Crippen LogP contribution < -0.4 is 0 Å². The van der Waals surface area contributed by atoms with Crippen LogP contribution in [0.2, 0.25) is 0 Å². The Labute approximate surface area is 129 Å². The molecule has 0 aromatic carbocycles. The van der Waals surface area contributed by atoms with Gasteiger partial charge < -0.3 is 10.0 Å². The van der Waals surface area contributed by atoms with Crippen LogP contribution in [0.15, 0.2) is 18.2 Å². The van der Waals surface area contributed by atoms with E-state index < -0.39 is 5.97 Å². The number of fused-ring (bicyclic) bond motifs is 1. The molecule has 0 fully saturated rings. The van der Waals surface area contributed by atoms with E-state index in [-0.39, 0.29) is 12.3 Å². The van der Waals surface area contributed by atoms with Gasteiger partial charge in [0.25, 0.3) is 0 Å². The third-order valence-corrected chi connectivity index (χ3v) is 4.35. The Hall–Kier alpha value is -2.11. The van der Waals surface area contributed by atoms with Crippen molar-refractivity contribution in [2.24, 2.45) is 5.92 Å². The molecule has 2 heterocycles.